The van der Waals surface area contributed by atoms with Crippen LogP contribution in [0.1, 0.15) is 117 Å². The van der Waals surface area contributed by atoms with Gasteiger partial charge < -0.3 is 0 Å². The number of pyridine rings is 13. The van der Waals surface area contributed by atoms with E-state index in [0.29, 0.717) is 0 Å². The Bertz CT molecular complexity index is 7350. The number of aryl methyl sites for hydroxylation is 21. The summed E-state index contributed by atoms with van der Waals surface area (Å²) in [6.45, 7) is 43.9. The van der Waals surface area contributed by atoms with E-state index >= 15 is 0 Å². The SMILES string of the molecule is Cc1cc2ccc3c(C)ccnc3c2nc1C.Cc1ccc2cc3cc(C)c(C)cc3nc2c1.Cc1ccc2ccc3c(C)c(C)cnc3c2n1.Cc1ccc2ccc3cc(C)c(C)nc3c2n1.Cc1cnc2c(ccc3c(C)c(C)cnc32)c1.Cc1cnc2c(ccc3c(C)ccnc32)c1C.Cc1cnc2c(ccc3cc(C)c(C)nc32)c1. The Balaban J connectivity index is 0.000000108. The zero-order chi connectivity index (χ0) is 83.9. The van der Waals surface area contributed by atoms with Gasteiger partial charge in [-0.1, -0.05) is 97.1 Å². The van der Waals surface area contributed by atoms with Crippen molar-refractivity contribution in [2.45, 2.75) is 145 Å². The van der Waals surface area contributed by atoms with Crippen molar-refractivity contribution >= 4 is 153 Å². The van der Waals surface area contributed by atoms with E-state index in [0.717, 1.165) is 133 Å². The van der Waals surface area contributed by atoms with Gasteiger partial charge in [0.25, 0.3) is 0 Å². The lowest BCUT2D eigenvalue weighted by molar-refractivity contribution is 1.19. The maximum Gasteiger partial charge on any atom is 0.0968 e. The van der Waals surface area contributed by atoms with Gasteiger partial charge in [0.05, 0.1) is 77.2 Å². The number of aromatic nitrogens is 13. The summed E-state index contributed by atoms with van der Waals surface area (Å²) in [4.78, 5) is 59.6. The van der Waals surface area contributed by atoms with Crippen LogP contribution in [0.2, 0.25) is 0 Å². The second-order valence-corrected chi connectivity index (χ2v) is 32.2. The van der Waals surface area contributed by atoms with Crippen LogP contribution in [-0.4, -0.2) is 64.8 Å². The smallest absolute Gasteiger partial charge is 0.0968 e. The van der Waals surface area contributed by atoms with E-state index in [1.165, 1.54) is 137 Å². The number of benzene rings is 8. The number of rotatable bonds is 0. The Labute approximate surface area is 695 Å². The van der Waals surface area contributed by atoms with Gasteiger partial charge in [-0.05, 0) is 313 Å². The number of nitrogens with zero attached hydrogens (tertiary/aromatic N) is 13. The number of fused-ring (bicyclic) bond motifs is 20. The average Bonchev–Trinajstić information content (AvgIpc) is 0.791. The molecule has 588 valence electrons. The Morgan fingerprint density at radius 1 is 0.168 bits per heavy atom. The lowest BCUT2D eigenvalue weighted by Gasteiger charge is -2.08. The summed E-state index contributed by atoms with van der Waals surface area (Å²) < 4.78 is 0. The fraction of sp³-hybridized carbons (Fsp3) is 0.198. The molecule has 0 bridgehead atoms. The van der Waals surface area contributed by atoms with Crippen LogP contribution < -0.4 is 0 Å². The first kappa shape index (κ1) is 80.5. The molecule has 0 spiro atoms. The summed E-state index contributed by atoms with van der Waals surface area (Å²) in [5.41, 5.74) is 39.5. The van der Waals surface area contributed by atoms with Gasteiger partial charge in [-0.25, -0.2) is 4.98 Å². The standard InChI is InChI=1S/C16H15N.6C15H14N2/c1-10-4-5-13-9-14-7-11(2)12(3)8-16(14)17-15(13)6-10;1-9-6-12-4-5-13-7-10(2)11(3)17-15(13)14(12)16-8-9;1-9-6-12-4-5-13-11(3)10(2)8-17-15(13)14(12)16-7-9;1-9-8-16-15-13(11(9)3)7-6-12-5-4-10(2)17-14(12)15;1-9-8-13-7-6-12-5-4-10(2)16-14(12)15(13)17-11(9)3;1-9-6-7-16-14-12(9)4-5-13-11(3)10(2)8-17-15(13)14;1-9-6-7-16-15-13(9)5-4-12-8-10(2)11(3)17-14(12)15/h4-9H,1-3H3;6*4-8H,1-3H3. The van der Waals surface area contributed by atoms with Crippen molar-refractivity contribution in [3.05, 3.63) is 337 Å². The summed E-state index contributed by atoms with van der Waals surface area (Å²) in [5, 5.41) is 16.6. The van der Waals surface area contributed by atoms with Gasteiger partial charge in [-0.3, -0.25) is 59.8 Å². The quantitative estimate of drug-likeness (QED) is 0.104. The molecule has 13 heteroatoms. The molecule has 0 atom stereocenters. The first-order valence-electron chi connectivity index (χ1n) is 40.6. The monoisotopic (exact) mass is 1550 g/mol. The van der Waals surface area contributed by atoms with Crippen molar-refractivity contribution in [3.63, 3.8) is 0 Å². The van der Waals surface area contributed by atoms with Crippen molar-refractivity contribution in [2.24, 2.45) is 0 Å². The van der Waals surface area contributed by atoms with Crippen LogP contribution in [0.5, 0.6) is 0 Å². The van der Waals surface area contributed by atoms with E-state index in [2.05, 4.69) is 322 Å². The molecule has 21 aromatic rings. The molecule has 0 aliphatic rings. The van der Waals surface area contributed by atoms with Gasteiger partial charge in [0.2, 0.25) is 0 Å². The number of hydrogen-bond donors (Lipinski definition) is 0. The third kappa shape index (κ3) is 16.6. The molecule has 0 saturated heterocycles. The molecule has 13 aromatic heterocycles. The number of hydrogen-bond acceptors (Lipinski definition) is 13. The molecule has 0 saturated carbocycles. The summed E-state index contributed by atoms with van der Waals surface area (Å²) >= 11 is 0. The molecular formula is C106H99N13. The summed E-state index contributed by atoms with van der Waals surface area (Å²) in [5.74, 6) is 0. The van der Waals surface area contributed by atoms with Crippen molar-refractivity contribution in [1.82, 2.24) is 64.8 Å². The van der Waals surface area contributed by atoms with Crippen LogP contribution >= 0.6 is 0 Å². The Morgan fingerprint density at radius 2 is 0.479 bits per heavy atom. The predicted molar refractivity (Wildman–Crippen MR) is 501 cm³/mol. The van der Waals surface area contributed by atoms with Crippen molar-refractivity contribution in [1.29, 1.82) is 0 Å². The molecule has 0 fully saturated rings. The molecule has 13 nitrogen and oxygen atoms in total. The lowest BCUT2D eigenvalue weighted by Crippen LogP contribution is -1.91. The largest absolute Gasteiger partial charge is 0.254 e. The van der Waals surface area contributed by atoms with E-state index in [4.69, 9.17) is 4.98 Å². The molecule has 21 rings (SSSR count). The maximum absolute atomic E-state index is 4.74. The highest BCUT2D eigenvalue weighted by molar-refractivity contribution is 6.09. The molecule has 0 radical (unpaired) electrons. The first-order valence-corrected chi connectivity index (χ1v) is 40.6. The molecule has 0 aliphatic heterocycles. The van der Waals surface area contributed by atoms with Crippen molar-refractivity contribution in [3.8, 4) is 0 Å². The summed E-state index contributed by atoms with van der Waals surface area (Å²) in [7, 11) is 0. The average molecular weight is 1560 g/mol. The van der Waals surface area contributed by atoms with Crippen LogP contribution in [0.4, 0.5) is 0 Å². The molecule has 0 unspecified atom stereocenters. The van der Waals surface area contributed by atoms with Crippen LogP contribution in [0.3, 0.4) is 0 Å². The van der Waals surface area contributed by atoms with Gasteiger partial charge in [-0.15, -0.1) is 0 Å². The highest BCUT2D eigenvalue weighted by Crippen LogP contribution is 2.34. The zero-order valence-electron chi connectivity index (χ0n) is 72.1. The van der Waals surface area contributed by atoms with Crippen LogP contribution in [0, 0.1) is 145 Å². The normalized spacial score (nSPS) is 11.2. The minimum Gasteiger partial charge on any atom is -0.254 e. The van der Waals surface area contributed by atoms with E-state index in [1.807, 2.05) is 102 Å². The third-order valence-electron chi connectivity index (χ3n) is 23.4. The molecule has 0 N–H and O–H groups in total. The topological polar surface area (TPSA) is 168 Å². The fourth-order valence-corrected chi connectivity index (χ4v) is 15.3. The molecule has 0 aliphatic carbocycles. The van der Waals surface area contributed by atoms with Crippen molar-refractivity contribution in [2.75, 3.05) is 0 Å². The van der Waals surface area contributed by atoms with E-state index < -0.39 is 0 Å². The highest BCUT2D eigenvalue weighted by Gasteiger charge is 2.15. The van der Waals surface area contributed by atoms with Crippen LogP contribution in [-0.2, 0) is 0 Å². The van der Waals surface area contributed by atoms with Gasteiger partial charge in [0, 0.05) is 147 Å². The zero-order valence-corrected chi connectivity index (χ0v) is 72.1. The fourth-order valence-electron chi connectivity index (χ4n) is 15.3. The molecule has 13 heterocycles. The minimum atomic E-state index is 0.996. The Kier molecular flexibility index (Phi) is 22.7. The first-order chi connectivity index (χ1) is 57.1. The Morgan fingerprint density at radius 3 is 0.975 bits per heavy atom. The lowest BCUT2D eigenvalue weighted by atomic mass is 10.0. The van der Waals surface area contributed by atoms with Gasteiger partial charge in [0.1, 0.15) is 0 Å². The van der Waals surface area contributed by atoms with Crippen LogP contribution in [0.15, 0.2) is 219 Å². The van der Waals surface area contributed by atoms with E-state index in [9.17, 15) is 0 Å². The van der Waals surface area contributed by atoms with Gasteiger partial charge in [-0.2, -0.15) is 0 Å². The molecule has 119 heavy (non-hydrogen) atoms. The third-order valence-corrected chi connectivity index (χ3v) is 23.4. The van der Waals surface area contributed by atoms with E-state index in [-0.39, 0.29) is 0 Å². The Hall–Kier alpha value is -13.7. The predicted octanol–water partition coefficient (Wildman–Crippen LogP) is 26.6. The second kappa shape index (κ2) is 33.5. The molecule has 8 aromatic carbocycles. The summed E-state index contributed by atoms with van der Waals surface area (Å²) in [6, 6.07) is 61.8. The highest BCUT2D eigenvalue weighted by atomic mass is 14.8. The van der Waals surface area contributed by atoms with Crippen LogP contribution in [0.25, 0.3) is 153 Å². The molecular weight excluding hydrogens is 1460 g/mol. The second-order valence-electron chi connectivity index (χ2n) is 32.2. The maximum atomic E-state index is 4.74. The van der Waals surface area contributed by atoms with Crippen molar-refractivity contribution < 1.29 is 0 Å². The minimum absolute atomic E-state index is 0.996. The van der Waals surface area contributed by atoms with E-state index in [1.54, 1.807) is 0 Å². The van der Waals surface area contributed by atoms with Gasteiger partial charge in [0.15, 0.2) is 0 Å². The molecule has 0 amide bonds. The summed E-state index contributed by atoms with van der Waals surface area (Å²) in [6.07, 6.45) is 13.3. The van der Waals surface area contributed by atoms with Gasteiger partial charge >= 0.3 is 0 Å².